The second kappa shape index (κ2) is 9.30. The molecule has 1 aliphatic heterocycles. The van der Waals surface area contributed by atoms with Gasteiger partial charge in [0.05, 0.1) is 12.2 Å². The highest BCUT2D eigenvalue weighted by Gasteiger charge is 2.56. The highest BCUT2D eigenvalue weighted by molar-refractivity contribution is 6.16. The Morgan fingerprint density at radius 1 is 0.818 bits per heavy atom. The van der Waals surface area contributed by atoms with Crippen molar-refractivity contribution in [1.29, 1.82) is 5.41 Å². The van der Waals surface area contributed by atoms with Crippen molar-refractivity contribution < 1.29 is 9.90 Å². The van der Waals surface area contributed by atoms with E-state index in [0.717, 1.165) is 33.6 Å². The summed E-state index contributed by atoms with van der Waals surface area (Å²) in [6.45, 7) is 17.9. The Kier molecular flexibility index (Phi) is 7.04. The van der Waals surface area contributed by atoms with Crippen molar-refractivity contribution in [3.05, 3.63) is 58.7 Å². The van der Waals surface area contributed by atoms with Crippen LogP contribution in [0.25, 0.3) is 0 Å². The molecular formula is C28H40N3O2+. The molecule has 1 amide bonds. The molecule has 0 saturated carbocycles. The molecule has 5 heteroatoms. The molecule has 0 aromatic heterocycles. The highest BCUT2D eigenvalue weighted by atomic mass is 16.4. The van der Waals surface area contributed by atoms with Gasteiger partial charge < -0.3 is 5.11 Å². The molecule has 1 heterocycles. The summed E-state index contributed by atoms with van der Waals surface area (Å²) < 4.78 is -0.453. The first kappa shape index (κ1) is 25.0. The fourth-order valence-corrected chi connectivity index (χ4v) is 5.16. The molecule has 0 spiro atoms. The molecule has 178 valence electrons. The maximum absolute atomic E-state index is 13.1. The van der Waals surface area contributed by atoms with Crippen LogP contribution in [0, 0.1) is 5.41 Å². The minimum absolute atomic E-state index is 0.132. The van der Waals surface area contributed by atoms with Crippen LogP contribution in [0.4, 0.5) is 16.2 Å². The van der Waals surface area contributed by atoms with Gasteiger partial charge in [0.2, 0.25) is 0 Å². The van der Waals surface area contributed by atoms with Crippen LogP contribution in [-0.4, -0.2) is 30.2 Å². The third-order valence-corrected chi connectivity index (χ3v) is 6.94. The molecule has 33 heavy (non-hydrogen) atoms. The molecule has 1 aliphatic rings. The Morgan fingerprint density at radius 2 is 1.21 bits per heavy atom. The Labute approximate surface area is 199 Å². The Morgan fingerprint density at radius 3 is 1.58 bits per heavy atom. The quantitative estimate of drug-likeness (QED) is 0.445. The molecular weight excluding hydrogens is 410 g/mol. The first-order valence-corrected chi connectivity index (χ1v) is 12.2. The van der Waals surface area contributed by atoms with Gasteiger partial charge in [0.15, 0.2) is 5.69 Å². The van der Waals surface area contributed by atoms with Crippen LogP contribution in [0.15, 0.2) is 36.4 Å². The summed E-state index contributed by atoms with van der Waals surface area (Å²) >= 11 is 0. The number of nitrogens with one attached hydrogen (secondary N) is 1. The van der Waals surface area contributed by atoms with Crippen molar-refractivity contribution >= 4 is 23.4 Å². The number of anilines is 1. The van der Waals surface area contributed by atoms with Gasteiger partial charge in [0.25, 0.3) is 0 Å². The zero-order valence-electron chi connectivity index (χ0n) is 21.4. The van der Waals surface area contributed by atoms with Gasteiger partial charge in [-0.2, -0.15) is 4.79 Å². The van der Waals surface area contributed by atoms with Gasteiger partial charge >= 0.3 is 12.1 Å². The normalized spacial score (nSPS) is 18.9. The molecule has 2 aromatic rings. The van der Waals surface area contributed by atoms with Crippen molar-refractivity contribution in [2.75, 3.05) is 18.0 Å². The Hall–Kier alpha value is -2.66. The van der Waals surface area contributed by atoms with Crippen molar-refractivity contribution in [2.24, 2.45) is 0 Å². The summed E-state index contributed by atoms with van der Waals surface area (Å²) in [6, 6.07) is 12.4. The summed E-state index contributed by atoms with van der Waals surface area (Å²) in [4.78, 5) is 15.1. The molecule has 0 aliphatic carbocycles. The zero-order valence-corrected chi connectivity index (χ0v) is 21.4. The van der Waals surface area contributed by atoms with Gasteiger partial charge in [0.1, 0.15) is 6.54 Å². The van der Waals surface area contributed by atoms with Gasteiger partial charge in [-0.05, 0) is 34.8 Å². The van der Waals surface area contributed by atoms with E-state index < -0.39 is 10.6 Å². The van der Waals surface area contributed by atoms with E-state index in [4.69, 9.17) is 0 Å². The second-order valence-electron chi connectivity index (χ2n) is 10.5. The molecule has 0 bridgehead atoms. The first-order chi connectivity index (χ1) is 15.4. The number of rotatable bonds is 6. The largest absolute Gasteiger partial charge is 0.526 e. The fourth-order valence-electron chi connectivity index (χ4n) is 5.16. The number of amides is 1. The predicted octanol–water partition coefficient (Wildman–Crippen LogP) is 7.62. The zero-order chi connectivity index (χ0) is 24.7. The molecule has 0 radical (unpaired) electrons. The molecule has 1 fully saturated rings. The maximum Gasteiger partial charge on any atom is 0.526 e. The van der Waals surface area contributed by atoms with Crippen molar-refractivity contribution in [1.82, 2.24) is 4.48 Å². The molecule has 1 atom stereocenters. The van der Waals surface area contributed by atoms with E-state index in [-0.39, 0.29) is 29.6 Å². The predicted molar refractivity (Wildman–Crippen MR) is 139 cm³/mol. The number of hydrogen-bond acceptors (Lipinski definition) is 2. The average Bonchev–Trinajstić information content (AvgIpc) is 3.09. The van der Waals surface area contributed by atoms with Crippen LogP contribution < -0.4 is 9.38 Å². The second-order valence-corrected chi connectivity index (χ2v) is 10.5. The summed E-state index contributed by atoms with van der Waals surface area (Å²) in [5.41, 5.74) is 6.14. The molecule has 3 rings (SSSR count). The molecule has 2 N–H and O–H groups in total. The van der Waals surface area contributed by atoms with Crippen LogP contribution in [0.5, 0.6) is 0 Å². The number of nitrogens with zero attached hydrogens (tertiary/aromatic N) is 2. The number of para-hydroxylation sites is 2. The topological polar surface area (TPSA) is 64.4 Å². The summed E-state index contributed by atoms with van der Waals surface area (Å²) in [6.07, 6.45) is -0.981. The lowest BCUT2D eigenvalue weighted by atomic mass is 9.91. The fraction of sp³-hybridized carbons (Fsp3) is 0.500. The van der Waals surface area contributed by atoms with Crippen LogP contribution in [0.2, 0.25) is 0 Å². The van der Waals surface area contributed by atoms with Gasteiger partial charge in [0, 0.05) is 11.1 Å². The summed E-state index contributed by atoms with van der Waals surface area (Å²) in [7, 11) is 0. The van der Waals surface area contributed by atoms with E-state index in [1.165, 1.54) is 0 Å². The number of carbonyl (C=O) groups is 1. The van der Waals surface area contributed by atoms with Crippen molar-refractivity contribution in [3.8, 4) is 0 Å². The summed E-state index contributed by atoms with van der Waals surface area (Å²) in [5, 5.41) is 20.1. The average molecular weight is 451 g/mol. The lowest BCUT2D eigenvalue weighted by Gasteiger charge is -2.33. The van der Waals surface area contributed by atoms with E-state index in [9.17, 15) is 15.3 Å². The van der Waals surface area contributed by atoms with Crippen molar-refractivity contribution in [3.63, 3.8) is 0 Å². The van der Waals surface area contributed by atoms with E-state index in [2.05, 4.69) is 73.6 Å². The minimum atomic E-state index is -0.981. The number of guanidine groups is 1. The van der Waals surface area contributed by atoms with Gasteiger partial charge in [-0.1, -0.05) is 91.8 Å². The van der Waals surface area contributed by atoms with E-state index in [1.54, 1.807) is 0 Å². The third-order valence-electron chi connectivity index (χ3n) is 6.94. The van der Waals surface area contributed by atoms with Crippen molar-refractivity contribution in [2.45, 2.75) is 79.1 Å². The number of benzene rings is 2. The maximum atomic E-state index is 13.1. The van der Waals surface area contributed by atoms with Gasteiger partial charge in [-0.15, -0.1) is 4.48 Å². The lowest BCUT2D eigenvalue weighted by Crippen LogP contribution is -2.58. The molecule has 1 saturated heterocycles. The number of carboxylic acid groups (broad SMARTS) is 1. The molecule has 2 aromatic carbocycles. The number of quaternary nitrogens is 1. The minimum Gasteiger partial charge on any atom is -0.435 e. The first-order valence-electron chi connectivity index (χ1n) is 12.2. The number of hydrogen-bond donors (Lipinski definition) is 2. The third kappa shape index (κ3) is 4.08. The lowest BCUT2D eigenvalue weighted by molar-refractivity contribution is 0.172. The Bertz CT molecular complexity index is 1000. The van der Waals surface area contributed by atoms with Crippen LogP contribution in [0.3, 0.4) is 0 Å². The smallest absolute Gasteiger partial charge is 0.435 e. The van der Waals surface area contributed by atoms with E-state index in [0.29, 0.717) is 13.1 Å². The van der Waals surface area contributed by atoms with Gasteiger partial charge in [-0.3, -0.25) is 4.90 Å². The highest BCUT2D eigenvalue weighted by Crippen LogP contribution is 2.45. The van der Waals surface area contributed by atoms with E-state index >= 15 is 0 Å². The van der Waals surface area contributed by atoms with Crippen LogP contribution in [-0.2, 0) is 0 Å². The molecule has 5 nitrogen and oxygen atoms in total. The van der Waals surface area contributed by atoms with Crippen LogP contribution in [0.1, 0.15) is 101 Å². The Balaban J connectivity index is 2.31. The standard InChI is InChI=1S/C28H39N3O2/c1-17(2)21-11-9-12-22(18(3)4)25(21)30-15-16-31(27(30)29,28(32)33)26-23(19(5)6)13-10-14-24(26)20(7)8/h9-14,17-20,29H,15-16H2,1-8H3/p+1. The SMILES string of the molecule is CC(C)c1cccc(C(C)C)c1N1CC[N+](C(=O)O)(c2c(C(C)C)cccc2C(C)C)C1=N. The van der Waals surface area contributed by atoms with Gasteiger partial charge in [-0.25, -0.2) is 5.41 Å². The monoisotopic (exact) mass is 450 g/mol. The summed E-state index contributed by atoms with van der Waals surface area (Å²) in [5.74, 6) is 0.988. The van der Waals surface area contributed by atoms with E-state index in [1.807, 2.05) is 23.1 Å². The van der Waals surface area contributed by atoms with Crippen LogP contribution >= 0.6 is 0 Å². The molecule has 1 unspecified atom stereocenters.